The van der Waals surface area contributed by atoms with Crippen molar-refractivity contribution in [3.63, 3.8) is 0 Å². The molecule has 0 fully saturated rings. The lowest BCUT2D eigenvalue weighted by Crippen LogP contribution is -2.23. The first-order valence-electron chi connectivity index (χ1n) is 9.32. The van der Waals surface area contributed by atoms with Gasteiger partial charge < -0.3 is 15.5 Å². The summed E-state index contributed by atoms with van der Waals surface area (Å²) in [4.78, 5) is 24.1. The number of furan rings is 1. The molecule has 0 spiro atoms. The zero-order valence-corrected chi connectivity index (χ0v) is 15.6. The van der Waals surface area contributed by atoms with Crippen molar-refractivity contribution in [2.75, 3.05) is 5.32 Å². The molecule has 0 bridgehead atoms. The quantitative estimate of drug-likeness (QED) is 0.712. The molecule has 1 atom stereocenters. The van der Waals surface area contributed by atoms with Gasteiger partial charge in [0.25, 0.3) is 5.91 Å². The Hall–Kier alpha value is -3.35. The highest BCUT2D eigenvalue weighted by atomic mass is 16.3. The maximum absolute atomic E-state index is 12.8. The summed E-state index contributed by atoms with van der Waals surface area (Å²) in [5.41, 5.74) is 8.97. The number of rotatable bonds is 5. The summed E-state index contributed by atoms with van der Waals surface area (Å²) in [5, 5.41) is 7.50. The first kappa shape index (κ1) is 18.0. The van der Waals surface area contributed by atoms with Gasteiger partial charge in [-0.2, -0.15) is 5.10 Å². The van der Waals surface area contributed by atoms with E-state index in [1.165, 1.54) is 17.4 Å². The van der Waals surface area contributed by atoms with E-state index >= 15 is 0 Å². The molecular weight excluding hydrogens is 356 g/mol. The van der Waals surface area contributed by atoms with Crippen LogP contribution in [0, 0.1) is 6.92 Å². The molecule has 2 amide bonds. The van der Waals surface area contributed by atoms with Crippen molar-refractivity contribution in [3.05, 3.63) is 70.8 Å². The van der Waals surface area contributed by atoms with Crippen LogP contribution in [0.1, 0.15) is 51.7 Å². The van der Waals surface area contributed by atoms with E-state index in [2.05, 4.69) is 28.6 Å². The van der Waals surface area contributed by atoms with E-state index in [-0.39, 0.29) is 24.1 Å². The number of aromatic nitrogens is 2. The second-order valence-electron chi connectivity index (χ2n) is 7.08. The lowest BCUT2D eigenvalue weighted by Gasteiger charge is -2.27. The summed E-state index contributed by atoms with van der Waals surface area (Å²) >= 11 is 0. The molecule has 2 heterocycles. The number of nitrogens with one attached hydrogen (secondary N) is 1. The van der Waals surface area contributed by atoms with E-state index in [1.807, 2.05) is 17.7 Å². The van der Waals surface area contributed by atoms with Gasteiger partial charge in [-0.1, -0.05) is 24.3 Å². The Morgan fingerprint density at radius 3 is 2.96 bits per heavy atom. The number of aryl methyl sites for hydroxylation is 2. The molecule has 2 aromatic heterocycles. The van der Waals surface area contributed by atoms with Crippen LogP contribution in [0.5, 0.6) is 0 Å². The molecule has 28 heavy (non-hydrogen) atoms. The van der Waals surface area contributed by atoms with Crippen molar-refractivity contribution in [2.45, 2.75) is 38.6 Å². The molecule has 0 saturated heterocycles. The van der Waals surface area contributed by atoms with E-state index in [9.17, 15) is 9.59 Å². The van der Waals surface area contributed by atoms with Gasteiger partial charge in [-0.3, -0.25) is 9.59 Å². The highest BCUT2D eigenvalue weighted by Crippen LogP contribution is 2.35. The third-order valence-electron chi connectivity index (χ3n) is 5.17. The number of benzene rings is 1. The molecule has 0 radical (unpaired) electrons. The normalized spacial score (nSPS) is 15.8. The zero-order valence-electron chi connectivity index (χ0n) is 15.6. The highest BCUT2D eigenvalue weighted by molar-refractivity contribution is 6.05. The first-order chi connectivity index (χ1) is 13.5. The number of carbonyl (C=O) groups is 2. The Labute approximate surface area is 162 Å². The Kier molecular flexibility index (Phi) is 4.73. The van der Waals surface area contributed by atoms with Crippen molar-refractivity contribution >= 4 is 17.6 Å². The molecule has 0 saturated carbocycles. The molecule has 1 aliphatic rings. The molecule has 1 aromatic carbocycles. The van der Waals surface area contributed by atoms with E-state index in [0.717, 1.165) is 24.8 Å². The number of fused-ring (bicyclic) bond motifs is 1. The summed E-state index contributed by atoms with van der Waals surface area (Å²) in [6, 6.07) is 9.98. The number of nitrogens with zero attached hydrogens (tertiary/aromatic N) is 2. The topological polar surface area (TPSA) is 103 Å². The lowest BCUT2D eigenvalue weighted by molar-refractivity contribution is -0.117. The van der Waals surface area contributed by atoms with Crippen LogP contribution < -0.4 is 11.1 Å². The van der Waals surface area contributed by atoms with Gasteiger partial charge in [0.1, 0.15) is 11.6 Å². The molecule has 1 unspecified atom stereocenters. The van der Waals surface area contributed by atoms with E-state index in [0.29, 0.717) is 11.4 Å². The molecular formula is C21H22N4O3. The fraction of sp³-hybridized carbons (Fsp3) is 0.286. The standard InChI is InChI=1S/C21H22N4O3/c1-13-12-23-25(17-8-4-6-14-5-2-3-7-15(14)17)20(13)24-21(27)16-9-10-28-18(16)11-19(22)26/h2-3,5,7,9-10,12,17H,4,6,8,11H2,1H3,(H2,22,26)(H,24,27). The van der Waals surface area contributed by atoms with Crippen molar-refractivity contribution in [1.29, 1.82) is 0 Å². The summed E-state index contributed by atoms with van der Waals surface area (Å²) in [6.45, 7) is 1.91. The van der Waals surface area contributed by atoms with Gasteiger partial charge in [0.15, 0.2) is 0 Å². The van der Waals surface area contributed by atoms with Gasteiger partial charge in [0.2, 0.25) is 5.91 Å². The van der Waals surface area contributed by atoms with Gasteiger partial charge in [-0.15, -0.1) is 0 Å². The molecule has 7 nitrogen and oxygen atoms in total. The molecule has 3 N–H and O–H groups in total. The Bertz CT molecular complexity index is 1030. The lowest BCUT2D eigenvalue weighted by atomic mass is 9.88. The maximum Gasteiger partial charge on any atom is 0.260 e. The van der Waals surface area contributed by atoms with Crippen LogP contribution in [0.25, 0.3) is 0 Å². The SMILES string of the molecule is Cc1cnn(C2CCCc3ccccc32)c1NC(=O)c1ccoc1CC(N)=O. The zero-order chi connectivity index (χ0) is 19.7. The predicted octanol–water partition coefficient (Wildman–Crippen LogP) is 2.99. The van der Waals surface area contributed by atoms with Gasteiger partial charge in [0.05, 0.1) is 30.5 Å². The Balaban J connectivity index is 1.65. The fourth-order valence-corrected chi connectivity index (χ4v) is 3.84. The van der Waals surface area contributed by atoms with Gasteiger partial charge in [-0.25, -0.2) is 4.68 Å². The second-order valence-corrected chi connectivity index (χ2v) is 7.08. The summed E-state index contributed by atoms with van der Waals surface area (Å²) in [6.07, 6.45) is 6.10. The number of amides is 2. The summed E-state index contributed by atoms with van der Waals surface area (Å²) in [7, 11) is 0. The molecule has 144 valence electrons. The van der Waals surface area contributed by atoms with Crippen molar-refractivity contribution < 1.29 is 14.0 Å². The van der Waals surface area contributed by atoms with Gasteiger partial charge >= 0.3 is 0 Å². The molecule has 4 rings (SSSR count). The van der Waals surface area contributed by atoms with E-state index < -0.39 is 5.91 Å². The number of hydrogen-bond acceptors (Lipinski definition) is 4. The van der Waals surface area contributed by atoms with Crippen molar-refractivity contribution in [2.24, 2.45) is 5.73 Å². The summed E-state index contributed by atoms with van der Waals surface area (Å²) < 4.78 is 7.14. The second kappa shape index (κ2) is 7.34. The maximum atomic E-state index is 12.8. The number of primary amides is 1. The number of nitrogens with two attached hydrogens (primary N) is 1. The first-order valence-corrected chi connectivity index (χ1v) is 9.32. The van der Waals surface area contributed by atoms with E-state index in [4.69, 9.17) is 10.2 Å². The molecule has 0 aliphatic heterocycles. The monoisotopic (exact) mass is 378 g/mol. The average molecular weight is 378 g/mol. The Morgan fingerprint density at radius 2 is 2.14 bits per heavy atom. The van der Waals surface area contributed by atoms with Crippen LogP contribution in [0.4, 0.5) is 5.82 Å². The van der Waals surface area contributed by atoms with Crippen LogP contribution in [0.15, 0.2) is 47.2 Å². The third-order valence-corrected chi connectivity index (χ3v) is 5.17. The van der Waals surface area contributed by atoms with Crippen LogP contribution in [-0.2, 0) is 17.6 Å². The fourth-order valence-electron chi connectivity index (χ4n) is 3.84. The highest BCUT2D eigenvalue weighted by Gasteiger charge is 2.26. The minimum atomic E-state index is -0.552. The molecule has 1 aliphatic carbocycles. The Morgan fingerprint density at radius 1 is 1.32 bits per heavy atom. The third kappa shape index (κ3) is 3.31. The van der Waals surface area contributed by atoms with Crippen molar-refractivity contribution in [1.82, 2.24) is 9.78 Å². The minimum Gasteiger partial charge on any atom is -0.468 e. The van der Waals surface area contributed by atoms with Gasteiger partial charge in [0, 0.05) is 5.56 Å². The number of hydrogen-bond donors (Lipinski definition) is 2. The average Bonchev–Trinajstić information content (AvgIpc) is 3.28. The minimum absolute atomic E-state index is 0.0726. The van der Waals surface area contributed by atoms with Gasteiger partial charge in [-0.05, 0) is 43.4 Å². The van der Waals surface area contributed by atoms with Crippen LogP contribution in [-0.4, -0.2) is 21.6 Å². The van der Waals surface area contributed by atoms with Crippen LogP contribution >= 0.6 is 0 Å². The number of carbonyl (C=O) groups excluding carboxylic acids is 2. The smallest absolute Gasteiger partial charge is 0.260 e. The summed E-state index contributed by atoms with van der Waals surface area (Å²) in [5.74, 6) is 0.0117. The predicted molar refractivity (Wildman–Crippen MR) is 104 cm³/mol. The van der Waals surface area contributed by atoms with Crippen LogP contribution in [0.3, 0.4) is 0 Å². The molecule has 7 heteroatoms. The molecule has 3 aromatic rings. The van der Waals surface area contributed by atoms with E-state index in [1.54, 1.807) is 12.3 Å². The largest absolute Gasteiger partial charge is 0.468 e. The van der Waals surface area contributed by atoms with Crippen molar-refractivity contribution in [3.8, 4) is 0 Å². The van der Waals surface area contributed by atoms with Crippen LogP contribution in [0.2, 0.25) is 0 Å². The number of anilines is 1.